The number of unbranched alkanes of at least 4 members (excludes halogenated alkanes) is 2. The Bertz CT molecular complexity index is 615. The van der Waals surface area contributed by atoms with Crippen molar-refractivity contribution in [1.29, 1.82) is 0 Å². The number of carbonyl (C=O) groups is 4. The average molecular weight is 410 g/mol. The van der Waals surface area contributed by atoms with E-state index < -0.39 is 11.9 Å². The summed E-state index contributed by atoms with van der Waals surface area (Å²) >= 11 is 0. The zero-order valence-electron chi connectivity index (χ0n) is 19.0. The molecule has 166 valence electrons. The molecule has 1 aliphatic rings. The van der Waals surface area contributed by atoms with E-state index in [0.717, 1.165) is 19.3 Å². The lowest BCUT2D eigenvalue weighted by Gasteiger charge is -2.29. The molecule has 1 aliphatic heterocycles. The van der Waals surface area contributed by atoms with Crippen LogP contribution in [-0.2, 0) is 19.2 Å². The first-order valence-corrected chi connectivity index (χ1v) is 10.8. The Balaban J connectivity index is 2.45. The van der Waals surface area contributed by atoms with E-state index in [1.807, 2.05) is 13.8 Å². The summed E-state index contributed by atoms with van der Waals surface area (Å²) in [5.41, 5.74) is 5.24. The SMILES string of the molecule is CCCC(C)(C)C1CC(=O)N(CCCCCC(=O)N(C)[C@H](C(N)=O)C(C)C)C1=O. The number of rotatable bonds is 12. The van der Waals surface area contributed by atoms with Crippen molar-refractivity contribution in [1.82, 2.24) is 9.80 Å². The highest BCUT2D eigenvalue weighted by molar-refractivity contribution is 6.03. The molecule has 0 aromatic heterocycles. The Morgan fingerprint density at radius 2 is 1.83 bits per heavy atom. The summed E-state index contributed by atoms with van der Waals surface area (Å²) in [6.07, 6.45) is 4.60. The third-order valence-electron chi connectivity index (χ3n) is 6.09. The fraction of sp³-hybridized carbons (Fsp3) is 0.818. The van der Waals surface area contributed by atoms with Gasteiger partial charge in [-0.3, -0.25) is 24.1 Å². The fourth-order valence-electron chi connectivity index (χ4n) is 4.37. The molecule has 0 bridgehead atoms. The predicted molar refractivity (Wildman–Crippen MR) is 113 cm³/mol. The monoisotopic (exact) mass is 409 g/mol. The fourth-order valence-corrected chi connectivity index (χ4v) is 4.37. The minimum Gasteiger partial charge on any atom is -0.368 e. The number of imide groups is 1. The lowest BCUT2D eigenvalue weighted by molar-refractivity contribution is -0.140. The zero-order valence-corrected chi connectivity index (χ0v) is 19.0. The largest absolute Gasteiger partial charge is 0.368 e. The number of likely N-dealkylation sites (tertiary alicyclic amines) is 1. The van der Waals surface area contributed by atoms with Crippen LogP contribution in [0.2, 0.25) is 0 Å². The van der Waals surface area contributed by atoms with Gasteiger partial charge < -0.3 is 10.6 Å². The van der Waals surface area contributed by atoms with Gasteiger partial charge in [-0.25, -0.2) is 0 Å². The summed E-state index contributed by atoms with van der Waals surface area (Å²) in [5.74, 6) is -1.02. The van der Waals surface area contributed by atoms with Crippen molar-refractivity contribution in [3.63, 3.8) is 0 Å². The van der Waals surface area contributed by atoms with Crippen LogP contribution in [0.4, 0.5) is 0 Å². The van der Waals surface area contributed by atoms with Crippen molar-refractivity contribution >= 4 is 23.6 Å². The highest BCUT2D eigenvalue weighted by atomic mass is 16.2. The topological polar surface area (TPSA) is 101 Å². The minimum atomic E-state index is -0.606. The maximum atomic E-state index is 12.7. The first-order valence-electron chi connectivity index (χ1n) is 10.8. The normalized spacial score (nSPS) is 18.4. The second-order valence-electron chi connectivity index (χ2n) is 9.29. The molecule has 29 heavy (non-hydrogen) atoms. The van der Waals surface area contributed by atoms with Crippen molar-refractivity contribution in [2.24, 2.45) is 23.0 Å². The van der Waals surface area contributed by atoms with Crippen molar-refractivity contribution in [3.8, 4) is 0 Å². The number of hydrogen-bond acceptors (Lipinski definition) is 4. The molecule has 1 rings (SSSR count). The second kappa shape index (κ2) is 10.7. The van der Waals surface area contributed by atoms with Crippen LogP contribution in [0, 0.1) is 17.3 Å². The van der Waals surface area contributed by atoms with Gasteiger partial charge in [-0.15, -0.1) is 0 Å². The number of nitrogens with two attached hydrogens (primary N) is 1. The second-order valence-corrected chi connectivity index (χ2v) is 9.29. The first-order chi connectivity index (χ1) is 13.4. The number of amides is 4. The third-order valence-corrected chi connectivity index (χ3v) is 6.09. The molecule has 7 heteroatoms. The smallest absolute Gasteiger partial charge is 0.240 e. The lowest BCUT2D eigenvalue weighted by Crippen LogP contribution is -2.48. The van der Waals surface area contributed by atoms with Crippen molar-refractivity contribution in [2.45, 2.75) is 85.6 Å². The van der Waals surface area contributed by atoms with Crippen LogP contribution in [0.1, 0.15) is 79.6 Å². The van der Waals surface area contributed by atoms with Gasteiger partial charge >= 0.3 is 0 Å². The van der Waals surface area contributed by atoms with E-state index in [0.29, 0.717) is 32.2 Å². The molecule has 1 unspecified atom stereocenters. The molecule has 4 amide bonds. The van der Waals surface area contributed by atoms with E-state index in [2.05, 4.69) is 20.8 Å². The Kier molecular flexibility index (Phi) is 9.30. The summed E-state index contributed by atoms with van der Waals surface area (Å²) in [6.45, 7) is 10.3. The maximum absolute atomic E-state index is 12.7. The number of likely N-dealkylation sites (N-methyl/N-ethyl adjacent to an activating group) is 1. The van der Waals surface area contributed by atoms with Gasteiger partial charge in [0, 0.05) is 26.4 Å². The highest BCUT2D eigenvalue weighted by Crippen LogP contribution is 2.39. The molecule has 2 atom stereocenters. The molecular weight excluding hydrogens is 370 g/mol. The molecule has 0 aromatic carbocycles. The molecule has 1 saturated heterocycles. The average Bonchev–Trinajstić information content (AvgIpc) is 2.89. The van der Waals surface area contributed by atoms with Gasteiger partial charge in [0.2, 0.25) is 23.6 Å². The molecule has 2 N–H and O–H groups in total. The Morgan fingerprint density at radius 3 is 2.34 bits per heavy atom. The standard InChI is InChI=1S/C22H39N3O4/c1-7-12-22(4,5)16-14-18(27)25(21(16)29)13-10-8-9-11-17(26)24(6)19(15(2)3)20(23)28/h15-16,19H,7-14H2,1-6H3,(H2,23,28)/t16?,19-/m0/s1. The summed E-state index contributed by atoms with van der Waals surface area (Å²) in [7, 11) is 1.61. The zero-order chi connectivity index (χ0) is 22.4. The van der Waals surface area contributed by atoms with Crippen LogP contribution in [0.25, 0.3) is 0 Å². The van der Waals surface area contributed by atoms with Crippen LogP contribution in [0.3, 0.4) is 0 Å². The number of nitrogens with zero attached hydrogens (tertiary/aromatic N) is 2. The van der Waals surface area contributed by atoms with Crippen molar-refractivity contribution in [2.75, 3.05) is 13.6 Å². The molecule has 0 spiro atoms. The molecule has 1 heterocycles. The summed E-state index contributed by atoms with van der Waals surface area (Å²) in [5, 5.41) is 0. The summed E-state index contributed by atoms with van der Waals surface area (Å²) in [4.78, 5) is 51.7. The van der Waals surface area contributed by atoms with Crippen molar-refractivity contribution < 1.29 is 19.2 Å². The Hall–Kier alpha value is -1.92. The van der Waals surface area contributed by atoms with Gasteiger partial charge in [-0.1, -0.05) is 47.5 Å². The minimum absolute atomic E-state index is 0.0430. The molecule has 1 fully saturated rings. The highest BCUT2D eigenvalue weighted by Gasteiger charge is 2.45. The Labute approximate surface area is 175 Å². The quantitative estimate of drug-likeness (QED) is 0.395. The van der Waals surface area contributed by atoms with E-state index in [4.69, 9.17) is 5.73 Å². The van der Waals surface area contributed by atoms with Gasteiger partial charge in [-0.05, 0) is 30.6 Å². The first kappa shape index (κ1) is 25.1. The predicted octanol–water partition coefficient (Wildman–Crippen LogP) is 2.72. The van der Waals surface area contributed by atoms with E-state index >= 15 is 0 Å². The van der Waals surface area contributed by atoms with E-state index in [1.54, 1.807) is 7.05 Å². The van der Waals surface area contributed by atoms with Crippen molar-refractivity contribution in [3.05, 3.63) is 0 Å². The Morgan fingerprint density at radius 1 is 1.21 bits per heavy atom. The van der Waals surface area contributed by atoms with Gasteiger partial charge in [0.25, 0.3) is 0 Å². The summed E-state index contributed by atoms with van der Waals surface area (Å²) in [6, 6.07) is -0.606. The van der Waals surface area contributed by atoms with E-state index in [9.17, 15) is 19.2 Å². The van der Waals surface area contributed by atoms with E-state index in [1.165, 1.54) is 9.80 Å². The summed E-state index contributed by atoms with van der Waals surface area (Å²) < 4.78 is 0. The number of hydrogen-bond donors (Lipinski definition) is 1. The molecule has 7 nitrogen and oxygen atoms in total. The van der Waals surface area contributed by atoms with Crippen LogP contribution in [0.5, 0.6) is 0 Å². The van der Waals surface area contributed by atoms with Gasteiger partial charge in [-0.2, -0.15) is 0 Å². The van der Waals surface area contributed by atoms with Crippen LogP contribution < -0.4 is 5.73 Å². The third kappa shape index (κ3) is 6.54. The van der Waals surface area contributed by atoms with Gasteiger partial charge in [0.1, 0.15) is 6.04 Å². The molecule has 0 radical (unpaired) electrons. The lowest BCUT2D eigenvalue weighted by atomic mass is 9.74. The van der Waals surface area contributed by atoms with Gasteiger partial charge in [0.15, 0.2) is 0 Å². The van der Waals surface area contributed by atoms with Crippen LogP contribution in [0.15, 0.2) is 0 Å². The van der Waals surface area contributed by atoms with Crippen LogP contribution in [-0.4, -0.2) is 53.1 Å². The number of primary amides is 1. The number of carbonyl (C=O) groups excluding carboxylic acids is 4. The molecule has 0 saturated carbocycles. The van der Waals surface area contributed by atoms with Gasteiger partial charge in [0.05, 0.1) is 5.92 Å². The molecule has 0 aromatic rings. The van der Waals surface area contributed by atoms with E-state index in [-0.39, 0.29) is 35.0 Å². The molecule has 0 aliphatic carbocycles. The maximum Gasteiger partial charge on any atom is 0.240 e. The molecular formula is C22H39N3O4. The van der Waals surface area contributed by atoms with Crippen LogP contribution >= 0.6 is 0 Å².